The Labute approximate surface area is 176 Å². The van der Waals surface area contributed by atoms with E-state index < -0.39 is 46.0 Å². The standard InChI is InChI=1S/C19H28N4O6S/c1-12-6-8-13(9-7-12)30(24,25)22-14(10-21-23-20)16-17(29-19(4,5)28-16)15-11-26-18(2,3)27-15/h6-9,14-17,22H,10-11H2,1-5H3/t14-,15-,16-,17-/m1/s1. The molecule has 0 aromatic heterocycles. The van der Waals surface area contributed by atoms with Crippen LogP contribution in [0.15, 0.2) is 34.3 Å². The number of sulfonamides is 1. The second kappa shape index (κ2) is 8.43. The molecule has 4 atom stereocenters. The largest absolute Gasteiger partial charge is 0.348 e. The van der Waals surface area contributed by atoms with Crippen LogP contribution in [0.4, 0.5) is 0 Å². The van der Waals surface area contributed by atoms with E-state index in [-0.39, 0.29) is 18.0 Å². The van der Waals surface area contributed by atoms with Crippen molar-refractivity contribution in [2.24, 2.45) is 5.11 Å². The molecule has 2 aliphatic rings. The van der Waals surface area contributed by atoms with Crippen molar-refractivity contribution in [1.82, 2.24) is 4.72 Å². The minimum Gasteiger partial charge on any atom is -0.348 e. The van der Waals surface area contributed by atoms with Crippen LogP contribution in [0.2, 0.25) is 0 Å². The predicted octanol–water partition coefficient (Wildman–Crippen LogP) is 2.62. The van der Waals surface area contributed by atoms with Crippen LogP contribution in [-0.2, 0) is 29.0 Å². The van der Waals surface area contributed by atoms with Crippen LogP contribution in [0.25, 0.3) is 10.4 Å². The number of hydrogen-bond donors (Lipinski definition) is 1. The lowest BCUT2D eigenvalue weighted by atomic mass is 10.0. The first-order chi connectivity index (χ1) is 13.9. The van der Waals surface area contributed by atoms with Crippen molar-refractivity contribution in [3.63, 3.8) is 0 Å². The summed E-state index contributed by atoms with van der Waals surface area (Å²) in [6.45, 7) is 9.04. The highest BCUT2D eigenvalue weighted by molar-refractivity contribution is 7.89. The van der Waals surface area contributed by atoms with Crippen molar-refractivity contribution < 1.29 is 27.4 Å². The molecule has 2 saturated heterocycles. The highest BCUT2D eigenvalue weighted by Crippen LogP contribution is 2.37. The van der Waals surface area contributed by atoms with Gasteiger partial charge in [0, 0.05) is 11.5 Å². The molecule has 0 unspecified atom stereocenters. The topological polar surface area (TPSA) is 132 Å². The van der Waals surface area contributed by atoms with Crippen molar-refractivity contribution in [3.05, 3.63) is 40.3 Å². The summed E-state index contributed by atoms with van der Waals surface area (Å²) >= 11 is 0. The molecule has 30 heavy (non-hydrogen) atoms. The van der Waals surface area contributed by atoms with Gasteiger partial charge in [0.05, 0.1) is 17.5 Å². The summed E-state index contributed by atoms with van der Waals surface area (Å²) in [5.41, 5.74) is 9.76. The molecule has 1 aromatic carbocycles. The Kier molecular flexibility index (Phi) is 6.45. The lowest BCUT2D eigenvalue weighted by molar-refractivity contribution is -0.174. The van der Waals surface area contributed by atoms with Gasteiger partial charge in [-0.1, -0.05) is 22.8 Å². The highest BCUT2D eigenvalue weighted by Gasteiger charge is 2.52. The molecule has 3 rings (SSSR count). The zero-order valence-electron chi connectivity index (χ0n) is 17.7. The molecule has 1 aromatic rings. The van der Waals surface area contributed by atoms with E-state index in [1.807, 2.05) is 6.92 Å². The molecule has 166 valence electrons. The molecule has 1 N–H and O–H groups in total. The van der Waals surface area contributed by atoms with Crippen LogP contribution in [0.5, 0.6) is 0 Å². The average Bonchev–Trinajstić information content (AvgIpc) is 3.17. The lowest BCUT2D eigenvalue weighted by Gasteiger charge is -2.29. The third-order valence-electron chi connectivity index (χ3n) is 4.94. The predicted molar refractivity (Wildman–Crippen MR) is 108 cm³/mol. The number of aryl methyl sites for hydroxylation is 1. The molecule has 2 heterocycles. The molecule has 0 spiro atoms. The summed E-state index contributed by atoms with van der Waals surface area (Å²) in [4.78, 5) is 2.89. The van der Waals surface area contributed by atoms with Crippen LogP contribution in [-0.4, -0.2) is 57.5 Å². The number of benzene rings is 1. The summed E-state index contributed by atoms with van der Waals surface area (Å²) in [6.07, 6.45) is -1.85. The molecule has 10 nitrogen and oxygen atoms in total. The van der Waals surface area contributed by atoms with Crippen molar-refractivity contribution >= 4 is 10.0 Å². The first kappa shape index (κ1) is 23.0. The zero-order chi connectivity index (χ0) is 22.2. The number of hydrogen-bond acceptors (Lipinski definition) is 7. The molecular weight excluding hydrogens is 412 g/mol. The molecule has 2 aliphatic heterocycles. The van der Waals surface area contributed by atoms with Gasteiger partial charge < -0.3 is 18.9 Å². The van der Waals surface area contributed by atoms with Gasteiger partial charge in [-0.15, -0.1) is 0 Å². The maximum atomic E-state index is 13.0. The van der Waals surface area contributed by atoms with Gasteiger partial charge in [-0.2, -0.15) is 0 Å². The molecule has 2 fully saturated rings. The van der Waals surface area contributed by atoms with Gasteiger partial charge in [0.25, 0.3) is 0 Å². The molecular formula is C19H28N4O6S. The van der Waals surface area contributed by atoms with Crippen LogP contribution in [0.3, 0.4) is 0 Å². The van der Waals surface area contributed by atoms with Gasteiger partial charge >= 0.3 is 0 Å². The minimum atomic E-state index is -3.89. The van der Waals surface area contributed by atoms with Gasteiger partial charge in [0.15, 0.2) is 11.6 Å². The van der Waals surface area contributed by atoms with Gasteiger partial charge in [-0.25, -0.2) is 13.1 Å². The Bertz CT molecular complexity index is 911. The summed E-state index contributed by atoms with van der Waals surface area (Å²) in [5.74, 6) is -1.76. The van der Waals surface area contributed by atoms with Gasteiger partial charge in [0.1, 0.15) is 18.3 Å². The molecule has 11 heteroatoms. The summed E-state index contributed by atoms with van der Waals surface area (Å²) in [7, 11) is -3.89. The quantitative estimate of drug-likeness (QED) is 0.394. The van der Waals surface area contributed by atoms with E-state index in [1.54, 1.807) is 39.8 Å². The molecule has 0 amide bonds. The number of rotatable bonds is 7. The van der Waals surface area contributed by atoms with Crippen LogP contribution in [0, 0.1) is 6.92 Å². The van der Waals surface area contributed by atoms with Crippen molar-refractivity contribution in [2.45, 2.75) is 75.4 Å². The Morgan fingerprint density at radius 3 is 2.40 bits per heavy atom. The second-order valence-corrected chi connectivity index (χ2v) is 10.1. The van der Waals surface area contributed by atoms with E-state index in [1.165, 1.54) is 12.1 Å². The number of nitrogens with one attached hydrogen (secondary N) is 1. The van der Waals surface area contributed by atoms with E-state index in [0.29, 0.717) is 0 Å². The van der Waals surface area contributed by atoms with Gasteiger partial charge in [0.2, 0.25) is 10.0 Å². The SMILES string of the molecule is Cc1ccc(S(=O)(=O)N[C@H](CN=[N+]=[N-])[C@H]2OC(C)(C)O[C@@H]2[C@H]2COC(C)(C)O2)cc1. The first-order valence-electron chi connectivity index (χ1n) is 9.70. The molecule has 0 aliphatic carbocycles. The van der Waals surface area contributed by atoms with E-state index in [4.69, 9.17) is 24.5 Å². The maximum Gasteiger partial charge on any atom is 0.240 e. The zero-order valence-corrected chi connectivity index (χ0v) is 18.5. The normalized spacial score (nSPS) is 28.8. The molecule has 0 bridgehead atoms. The fourth-order valence-corrected chi connectivity index (χ4v) is 4.85. The lowest BCUT2D eigenvalue weighted by Crippen LogP contribution is -2.52. The smallest absolute Gasteiger partial charge is 0.240 e. The maximum absolute atomic E-state index is 13.0. The van der Waals surface area contributed by atoms with Crippen LogP contribution in [0.1, 0.15) is 33.3 Å². The van der Waals surface area contributed by atoms with Crippen LogP contribution < -0.4 is 4.72 Å². The number of azide groups is 1. The Morgan fingerprint density at radius 2 is 1.83 bits per heavy atom. The molecule has 0 radical (unpaired) electrons. The number of nitrogens with zero attached hydrogens (tertiary/aromatic N) is 3. The van der Waals surface area contributed by atoms with Crippen molar-refractivity contribution in [2.75, 3.05) is 13.2 Å². The Hall–Kier alpha value is -1.72. The fourth-order valence-electron chi connectivity index (χ4n) is 3.61. The monoisotopic (exact) mass is 440 g/mol. The van der Waals surface area contributed by atoms with E-state index in [9.17, 15) is 8.42 Å². The Morgan fingerprint density at radius 1 is 1.17 bits per heavy atom. The third kappa shape index (κ3) is 5.30. The third-order valence-corrected chi connectivity index (χ3v) is 6.44. The number of ether oxygens (including phenoxy) is 4. The van der Waals surface area contributed by atoms with Gasteiger partial charge in [-0.3, -0.25) is 0 Å². The second-order valence-electron chi connectivity index (χ2n) is 8.39. The van der Waals surface area contributed by atoms with E-state index >= 15 is 0 Å². The van der Waals surface area contributed by atoms with Crippen molar-refractivity contribution in [3.8, 4) is 0 Å². The molecule has 0 saturated carbocycles. The van der Waals surface area contributed by atoms with Crippen molar-refractivity contribution in [1.29, 1.82) is 0 Å². The Balaban J connectivity index is 1.88. The first-order valence-corrected chi connectivity index (χ1v) is 11.2. The van der Waals surface area contributed by atoms with E-state index in [2.05, 4.69) is 14.7 Å². The van der Waals surface area contributed by atoms with Crippen LogP contribution >= 0.6 is 0 Å². The van der Waals surface area contributed by atoms with Gasteiger partial charge in [-0.05, 0) is 52.3 Å². The minimum absolute atomic E-state index is 0.107. The van der Waals surface area contributed by atoms with E-state index in [0.717, 1.165) is 5.56 Å². The summed E-state index contributed by atoms with van der Waals surface area (Å²) in [6, 6.07) is 5.60. The summed E-state index contributed by atoms with van der Waals surface area (Å²) < 4.78 is 52.2. The fraction of sp³-hybridized carbons (Fsp3) is 0.684. The highest BCUT2D eigenvalue weighted by atomic mass is 32.2. The summed E-state index contributed by atoms with van der Waals surface area (Å²) in [5, 5.41) is 3.59. The average molecular weight is 441 g/mol.